The third-order valence-electron chi connectivity index (χ3n) is 5.66. The molecular formula is C16H17Cl2NO3S. The fourth-order valence-electron chi connectivity index (χ4n) is 4.86. The molecule has 2 atom stereocenters. The number of benzene rings is 1. The Balaban J connectivity index is 1.89. The van der Waals surface area contributed by atoms with Gasteiger partial charge in [0.05, 0.1) is 0 Å². The van der Waals surface area contributed by atoms with E-state index in [4.69, 9.17) is 27.0 Å². The molecule has 2 aliphatic carbocycles. The van der Waals surface area contributed by atoms with Gasteiger partial charge in [-0.15, -0.1) is 4.40 Å². The fraction of sp³-hybridized carbons (Fsp3) is 0.562. The lowest BCUT2D eigenvalue weighted by molar-refractivity contribution is -0.0324. The van der Waals surface area contributed by atoms with Crippen LogP contribution in [0.4, 0.5) is 0 Å². The average Bonchev–Trinajstić information content (AvgIpc) is 2.79. The van der Waals surface area contributed by atoms with Gasteiger partial charge in [-0.05, 0) is 55.4 Å². The summed E-state index contributed by atoms with van der Waals surface area (Å²) < 4.78 is 32.5. The number of halogens is 2. The Hall–Kier alpha value is -0.780. The van der Waals surface area contributed by atoms with Crippen molar-refractivity contribution in [1.82, 2.24) is 0 Å². The molecule has 2 unspecified atom stereocenters. The number of hydrogen-bond donors (Lipinski definition) is 0. The highest BCUT2D eigenvalue weighted by Crippen LogP contribution is 2.60. The van der Waals surface area contributed by atoms with Crippen molar-refractivity contribution >= 4 is 37.4 Å². The van der Waals surface area contributed by atoms with E-state index in [1.807, 2.05) is 12.1 Å². The summed E-state index contributed by atoms with van der Waals surface area (Å²) in [6, 6.07) is 6.02. The zero-order valence-corrected chi connectivity index (χ0v) is 14.8. The van der Waals surface area contributed by atoms with Gasteiger partial charge in [0.1, 0.15) is 5.60 Å². The first-order valence-corrected chi connectivity index (χ1v) is 10.5. The van der Waals surface area contributed by atoms with E-state index in [2.05, 4.69) is 10.5 Å². The highest BCUT2D eigenvalue weighted by Gasteiger charge is 2.63. The molecule has 0 bridgehead atoms. The first-order chi connectivity index (χ1) is 10.8. The van der Waals surface area contributed by atoms with Crippen LogP contribution in [-0.2, 0) is 25.8 Å². The molecule has 1 aliphatic heterocycles. The van der Waals surface area contributed by atoms with Crippen molar-refractivity contribution in [1.29, 1.82) is 0 Å². The van der Waals surface area contributed by atoms with Gasteiger partial charge in [-0.25, -0.2) is 0 Å². The van der Waals surface area contributed by atoms with Crippen LogP contribution in [-0.4, -0.2) is 19.9 Å². The summed E-state index contributed by atoms with van der Waals surface area (Å²) in [4.78, 5) is 0. The predicted octanol–water partition coefficient (Wildman–Crippen LogP) is 4.14. The Morgan fingerprint density at radius 3 is 2.74 bits per heavy atom. The quantitative estimate of drug-likeness (QED) is 0.695. The van der Waals surface area contributed by atoms with Crippen molar-refractivity contribution in [2.75, 3.05) is 0 Å². The van der Waals surface area contributed by atoms with Gasteiger partial charge in [-0.3, -0.25) is 0 Å². The molecule has 7 heteroatoms. The number of ether oxygens (including phenoxy) is 1. The van der Waals surface area contributed by atoms with E-state index in [-0.39, 0.29) is 16.9 Å². The second kappa shape index (κ2) is 5.11. The van der Waals surface area contributed by atoms with E-state index in [0.717, 1.165) is 43.5 Å². The smallest absolute Gasteiger partial charge is 0.342 e. The van der Waals surface area contributed by atoms with Crippen LogP contribution in [0.25, 0.3) is 0 Å². The monoisotopic (exact) mass is 373 g/mol. The lowest BCUT2D eigenvalue weighted by atomic mass is 9.54. The molecule has 1 saturated heterocycles. The molecule has 3 aliphatic rings. The maximum atomic E-state index is 11.4. The second-order valence-corrected chi connectivity index (χ2v) is 9.37. The molecule has 4 rings (SSSR count). The summed E-state index contributed by atoms with van der Waals surface area (Å²) in [6.45, 7) is 0. The molecule has 0 spiro atoms. The third-order valence-corrected chi connectivity index (χ3v) is 6.53. The zero-order valence-electron chi connectivity index (χ0n) is 12.5. The number of aryl methyl sites for hydroxylation is 1. The summed E-state index contributed by atoms with van der Waals surface area (Å²) in [7, 11) is 1.34. The Morgan fingerprint density at radius 2 is 1.96 bits per heavy atom. The largest absolute Gasteiger partial charge is 0.473 e. The van der Waals surface area contributed by atoms with Crippen LogP contribution in [0.5, 0.6) is 0 Å². The maximum Gasteiger partial charge on any atom is 0.342 e. The van der Waals surface area contributed by atoms with Crippen molar-refractivity contribution in [3.05, 3.63) is 34.3 Å². The molecule has 1 heterocycles. The number of fused-ring (bicyclic) bond motifs is 1. The SMILES string of the molecule is O=S(=O)(Cl)N=C1CC23CCCCC2(CCc2cc(Cl)ccc23)O1. The molecule has 0 aromatic heterocycles. The summed E-state index contributed by atoms with van der Waals surface area (Å²) in [5.41, 5.74) is 1.93. The van der Waals surface area contributed by atoms with Gasteiger partial charge in [0.25, 0.3) is 0 Å². The van der Waals surface area contributed by atoms with Crippen LogP contribution in [0, 0.1) is 0 Å². The summed E-state index contributed by atoms with van der Waals surface area (Å²) in [5.74, 6) is 0.254. The van der Waals surface area contributed by atoms with Crippen molar-refractivity contribution < 1.29 is 13.2 Å². The van der Waals surface area contributed by atoms with E-state index in [1.54, 1.807) is 0 Å². The minimum Gasteiger partial charge on any atom is -0.473 e. The number of rotatable bonds is 1. The highest BCUT2D eigenvalue weighted by molar-refractivity contribution is 8.12. The molecule has 0 N–H and O–H groups in total. The second-order valence-electron chi connectivity index (χ2n) is 6.76. The van der Waals surface area contributed by atoms with Crippen LogP contribution in [0.3, 0.4) is 0 Å². The molecule has 4 nitrogen and oxygen atoms in total. The first-order valence-electron chi connectivity index (χ1n) is 7.85. The van der Waals surface area contributed by atoms with Gasteiger partial charge in [-0.1, -0.05) is 24.1 Å². The van der Waals surface area contributed by atoms with Crippen molar-refractivity contribution in [3.63, 3.8) is 0 Å². The van der Waals surface area contributed by atoms with Crippen molar-refractivity contribution in [3.8, 4) is 0 Å². The van der Waals surface area contributed by atoms with Crippen LogP contribution >= 0.6 is 22.3 Å². The lowest BCUT2D eigenvalue weighted by Crippen LogP contribution is -2.53. The molecule has 1 aromatic rings. The van der Waals surface area contributed by atoms with Gasteiger partial charge in [0.15, 0.2) is 0 Å². The number of hydrogen-bond acceptors (Lipinski definition) is 3. The van der Waals surface area contributed by atoms with Gasteiger partial charge in [-0.2, -0.15) is 8.42 Å². The van der Waals surface area contributed by atoms with E-state index in [9.17, 15) is 8.42 Å². The molecule has 1 aromatic carbocycles. The van der Waals surface area contributed by atoms with Crippen LogP contribution in [0.2, 0.25) is 5.02 Å². The summed E-state index contributed by atoms with van der Waals surface area (Å²) >= 11 is 6.15. The number of nitrogens with zero attached hydrogens (tertiary/aromatic N) is 1. The molecule has 1 saturated carbocycles. The molecule has 124 valence electrons. The molecule has 2 fully saturated rings. The first kappa shape index (κ1) is 15.7. The molecule has 23 heavy (non-hydrogen) atoms. The molecule has 0 amide bonds. The van der Waals surface area contributed by atoms with Gasteiger partial charge < -0.3 is 4.74 Å². The van der Waals surface area contributed by atoms with Gasteiger partial charge in [0, 0.05) is 27.5 Å². The Kier molecular flexibility index (Phi) is 3.49. The molecular weight excluding hydrogens is 357 g/mol. The summed E-state index contributed by atoms with van der Waals surface area (Å²) in [6.07, 6.45) is 6.34. The minimum absolute atomic E-state index is 0.205. The Bertz CT molecular complexity index is 808. The van der Waals surface area contributed by atoms with Crippen LogP contribution < -0.4 is 0 Å². The van der Waals surface area contributed by atoms with Crippen molar-refractivity contribution in [2.45, 2.75) is 56.0 Å². The minimum atomic E-state index is -3.97. The third kappa shape index (κ3) is 2.39. The fourth-order valence-corrected chi connectivity index (χ4v) is 5.63. The average molecular weight is 374 g/mol. The Labute approximate surface area is 145 Å². The normalized spacial score (nSPS) is 34.4. The van der Waals surface area contributed by atoms with Crippen LogP contribution in [0.15, 0.2) is 22.6 Å². The van der Waals surface area contributed by atoms with Crippen molar-refractivity contribution in [2.24, 2.45) is 4.40 Å². The zero-order chi connectivity index (χ0) is 16.3. The van der Waals surface area contributed by atoms with Gasteiger partial charge in [0.2, 0.25) is 5.90 Å². The highest BCUT2D eigenvalue weighted by atomic mass is 35.7. The topological polar surface area (TPSA) is 55.7 Å². The molecule has 0 radical (unpaired) electrons. The standard InChI is InChI=1S/C16H17Cl2NO3S/c17-12-3-4-13-11(9-12)5-8-16-7-2-1-6-15(13,16)10-14(22-16)19-23(18,20)21/h3-4,9H,1-2,5-8,10H2. The van der Waals surface area contributed by atoms with E-state index in [1.165, 1.54) is 11.1 Å². The predicted molar refractivity (Wildman–Crippen MR) is 90.6 cm³/mol. The van der Waals surface area contributed by atoms with Gasteiger partial charge >= 0.3 is 9.24 Å². The van der Waals surface area contributed by atoms with E-state index in [0.29, 0.717) is 6.42 Å². The van der Waals surface area contributed by atoms with E-state index < -0.39 is 9.24 Å². The van der Waals surface area contributed by atoms with Crippen LogP contribution in [0.1, 0.15) is 49.7 Å². The summed E-state index contributed by atoms with van der Waals surface area (Å²) in [5, 5.41) is 0.736. The Morgan fingerprint density at radius 1 is 1.17 bits per heavy atom. The van der Waals surface area contributed by atoms with E-state index >= 15 is 0 Å². The lowest BCUT2D eigenvalue weighted by Gasteiger charge is -2.51. The maximum absolute atomic E-state index is 11.4.